The molecule has 276 valence electrons. The van der Waals surface area contributed by atoms with Crippen molar-refractivity contribution in [1.82, 2.24) is 10.2 Å². The molecular weight excluding hydrogens is 685 g/mol. The molecule has 1 aliphatic carbocycles. The van der Waals surface area contributed by atoms with Crippen molar-refractivity contribution in [3.8, 4) is 11.5 Å². The monoisotopic (exact) mass is 740 g/mol. The molecule has 10 nitrogen and oxygen atoms in total. The quantitative estimate of drug-likeness (QED) is 0.120. The molecule has 5 atom stereocenters. The van der Waals surface area contributed by atoms with Crippen LogP contribution in [0.4, 0.5) is 0 Å². The molecule has 2 unspecified atom stereocenters. The summed E-state index contributed by atoms with van der Waals surface area (Å²) in [6.07, 6.45) is 12.8. The van der Waals surface area contributed by atoms with Gasteiger partial charge in [0.15, 0.2) is 11.5 Å². The third kappa shape index (κ3) is 13.7. The van der Waals surface area contributed by atoms with Crippen molar-refractivity contribution in [2.45, 2.75) is 108 Å². The van der Waals surface area contributed by atoms with Crippen molar-refractivity contribution >= 4 is 51.2 Å². The Morgan fingerprint density at radius 3 is 2.57 bits per heavy atom. The van der Waals surface area contributed by atoms with E-state index in [2.05, 4.69) is 16.3 Å². The minimum Gasteiger partial charge on any atom is -0.493 e. The Morgan fingerprint density at radius 2 is 1.76 bits per heavy atom. The summed E-state index contributed by atoms with van der Waals surface area (Å²) in [6, 6.07) is 5.49. The SMILES string of the molecule is COc1ccc(CCO[C@@H]2CCCC[C@H]2N2CC[C@@H](OC(=O)CCSSCC3CCCCCCCSCC(C(=O)O)NC3=O)C2)cc1OC. The lowest BCUT2D eigenvalue weighted by Crippen LogP contribution is -2.46. The normalized spacial score (nSPS) is 26.1. The number of ether oxygens (including phenoxy) is 4. The Bertz CT molecular complexity index is 1180. The van der Waals surface area contributed by atoms with Crippen molar-refractivity contribution in [3.63, 3.8) is 0 Å². The van der Waals surface area contributed by atoms with Gasteiger partial charge < -0.3 is 29.4 Å². The summed E-state index contributed by atoms with van der Waals surface area (Å²) in [4.78, 5) is 39.9. The first-order chi connectivity index (χ1) is 23.9. The number of methoxy groups -OCH3 is 2. The minimum atomic E-state index is -0.977. The highest BCUT2D eigenvalue weighted by Gasteiger charge is 2.36. The van der Waals surface area contributed by atoms with Crippen LogP contribution >= 0.6 is 33.3 Å². The molecule has 1 saturated carbocycles. The molecule has 3 fully saturated rings. The number of likely N-dealkylation sites (tertiary alicyclic amines) is 1. The summed E-state index contributed by atoms with van der Waals surface area (Å²) in [5.41, 5.74) is 1.15. The first kappa shape index (κ1) is 40.0. The highest BCUT2D eigenvalue weighted by Crippen LogP contribution is 2.31. The number of hydrogen-bond donors (Lipinski definition) is 2. The lowest BCUT2D eigenvalue weighted by molar-refractivity contribution is -0.148. The highest BCUT2D eigenvalue weighted by atomic mass is 33.1. The number of thioether (sulfide) groups is 1. The van der Waals surface area contributed by atoms with E-state index in [0.29, 0.717) is 36.3 Å². The van der Waals surface area contributed by atoms with Crippen molar-refractivity contribution in [1.29, 1.82) is 0 Å². The van der Waals surface area contributed by atoms with Crippen LogP contribution in [-0.4, -0.2) is 109 Å². The Hall–Kier alpha value is -1.80. The standard InChI is InChI=1S/C36H56N2O8S3/c1-43-32-14-13-26(22-33(32)44-2)16-19-45-31-12-8-7-11-30(31)38-18-15-28(23-38)46-34(39)17-21-48-49-24-27-10-6-4-3-5-9-20-47-25-29(36(41)42)37-35(27)40/h13-14,22,27-31H,3-12,15-21,23-25H2,1-2H3,(H,37,40)(H,41,42)/t27?,28-,29?,30-,31-/m1/s1. The second-order valence-corrected chi connectivity index (χ2v) is 17.0. The van der Waals surface area contributed by atoms with E-state index >= 15 is 0 Å². The van der Waals surface area contributed by atoms with Gasteiger partial charge in [-0.3, -0.25) is 14.5 Å². The zero-order valence-corrected chi connectivity index (χ0v) is 31.7. The molecule has 1 aromatic rings. The average Bonchev–Trinajstić information content (AvgIpc) is 3.57. The minimum absolute atomic E-state index is 0.0936. The van der Waals surface area contributed by atoms with E-state index in [1.54, 1.807) is 47.6 Å². The lowest BCUT2D eigenvalue weighted by atomic mass is 9.91. The van der Waals surface area contributed by atoms with Crippen molar-refractivity contribution in [2.24, 2.45) is 5.92 Å². The molecule has 0 aromatic heterocycles. The van der Waals surface area contributed by atoms with E-state index in [1.165, 1.54) is 12.8 Å². The molecule has 3 aliphatic rings. The van der Waals surface area contributed by atoms with E-state index in [4.69, 9.17) is 18.9 Å². The van der Waals surface area contributed by atoms with Gasteiger partial charge in [-0.05, 0) is 62.0 Å². The second-order valence-electron chi connectivity index (χ2n) is 13.2. The predicted molar refractivity (Wildman–Crippen MR) is 199 cm³/mol. The van der Waals surface area contributed by atoms with Gasteiger partial charge >= 0.3 is 11.9 Å². The molecule has 2 aliphatic heterocycles. The van der Waals surface area contributed by atoms with E-state index < -0.39 is 12.0 Å². The van der Waals surface area contributed by atoms with E-state index in [9.17, 15) is 19.5 Å². The van der Waals surface area contributed by atoms with E-state index in [0.717, 1.165) is 100 Å². The molecule has 2 N–H and O–H groups in total. The third-order valence-electron chi connectivity index (χ3n) is 9.64. The summed E-state index contributed by atoms with van der Waals surface area (Å²) in [6.45, 7) is 2.31. The highest BCUT2D eigenvalue weighted by molar-refractivity contribution is 8.76. The first-order valence-electron chi connectivity index (χ1n) is 18.0. The fourth-order valence-electron chi connectivity index (χ4n) is 6.84. The Kier molecular flexibility index (Phi) is 18.1. The van der Waals surface area contributed by atoms with Crippen LogP contribution < -0.4 is 14.8 Å². The van der Waals surface area contributed by atoms with Crippen molar-refractivity contribution < 1.29 is 38.4 Å². The van der Waals surface area contributed by atoms with E-state index in [-0.39, 0.29) is 30.0 Å². The molecule has 2 heterocycles. The van der Waals surface area contributed by atoms with Gasteiger partial charge in [0.25, 0.3) is 0 Å². The third-order valence-corrected chi connectivity index (χ3v) is 13.3. The Morgan fingerprint density at radius 1 is 0.980 bits per heavy atom. The summed E-state index contributed by atoms with van der Waals surface area (Å²) < 4.78 is 23.2. The molecule has 2 saturated heterocycles. The van der Waals surface area contributed by atoms with Crippen LogP contribution in [0.5, 0.6) is 11.5 Å². The number of benzene rings is 1. The number of amides is 1. The number of carboxylic acids is 1. The topological polar surface area (TPSA) is 124 Å². The van der Waals surface area contributed by atoms with Gasteiger partial charge in [-0.15, -0.1) is 0 Å². The van der Waals surface area contributed by atoms with Gasteiger partial charge in [-0.2, -0.15) is 11.8 Å². The van der Waals surface area contributed by atoms with Crippen LogP contribution in [0.25, 0.3) is 0 Å². The van der Waals surface area contributed by atoms with Gasteiger partial charge in [0.05, 0.1) is 33.4 Å². The van der Waals surface area contributed by atoms with Gasteiger partial charge in [-0.25, -0.2) is 4.79 Å². The summed E-state index contributed by atoms with van der Waals surface area (Å²) in [5.74, 6) is 2.43. The molecule has 1 aromatic carbocycles. The average molecular weight is 741 g/mol. The zero-order chi connectivity index (χ0) is 34.8. The Balaban J connectivity index is 1.14. The Labute approximate surface area is 304 Å². The maximum atomic E-state index is 13.0. The number of aliphatic carboxylic acids is 1. The fraction of sp³-hybridized carbons (Fsp3) is 0.750. The first-order valence-corrected chi connectivity index (χ1v) is 21.6. The van der Waals surface area contributed by atoms with Crippen LogP contribution in [0.2, 0.25) is 0 Å². The van der Waals surface area contributed by atoms with Crippen LogP contribution in [0, 0.1) is 5.92 Å². The second kappa shape index (κ2) is 22.2. The maximum Gasteiger partial charge on any atom is 0.327 e. The molecular formula is C36H56N2O8S3. The molecule has 13 heteroatoms. The smallest absolute Gasteiger partial charge is 0.327 e. The van der Waals surface area contributed by atoms with Crippen LogP contribution in [-0.2, 0) is 30.3 Å². The summed E-state index contributed by atoms with van der Waals surface area (Å²) in [7, 11) is 6.46. The fourth-order valence-corrected chi connectivity index (χ4v) is 10.2. The van der Waals surface area contributed by atoms with Crippen molar-refractivity contribution in [3.05, 3.63) is 23.8 Å². The molecule has 0 spiro atoms. The van der Waals surface area contributed by atoms with Gasteiger partial charge in [-0.1, -0.05) is 66.2 Å². The number of esters is 1. The van der Waals surface area contributed by atoms with E-state index in [1.807, 2.05) is 12.1 Å². The summed E-state index contributed by atoms with van der Waals surface area (Å²) in [5, 5.41) is 12.4. The van der Waals surface area contributed by atoms with Crippen LogP contribution in [0.1, 0.15) is 82.6 Å². The van der Waals surface area contributed by atoms with Crippen molar-refractivity contribution in [2.75, 3.05) is 56.9 Å². The molecule has 49 heavy (non-hydrogen) atoms. The molecule has 0 bridgehead atoms. The molecule has 4 rings (SSSR count). The number of rotatable bonds is 15. The number of hydrogen-bond acceptors (Lipinski definition) is 11. The number of carbonyl (C=O) groups is 3. The van der Waals surface area contributed by atoms with Crippen LogP contribution in [0.15, 0.2) is 18.2 Å². The molecule has 1 amide bonds. The number of carbonyl (C=O) groups excluding carboxylic acids is 2. The largest absolute Gasteiger partial charge is 0.493 e. The van der Waals surface area contributed by atoms with Gasteiger partial charge in [0.1, 0.15) is 12.1 Å². The van der Waals surface area contributed by atoms with Gasteiger partial charge in [0.2, 0.25) is 5.91 Å². The number of nitrogens with zero attached hydrogens (tertiary/aromatic N) is 1. The summed E-state index contributed by atoms with van der Waals surface area (Å²) >= 11 is 1.60. The van der Waals surface area contributed by atoms with Crippen LogP contribution in [0.3, 0.4) is 0 Å². The molecule has 0 radical (unpaired) electrons. The predicted octanol–water partition coefficient (Wildman–Crippen LogP) is 6.24. The number of carboxylic acid groups (broad SMARTS) is 1. The van der Waals surface area contributed by atoms with Gasteiger partial charge in [0, 0.05) is 42.3 Å². The lowest BCUT2D eigenvalue weighted by Gasteiger charge is -2.37. The number of nitrogens with one attached hydrogen (secondary N) is 1. The zero-order valence-electron chi connectivity index (χ0n) is 29.2. The maximum absolute atomic E-state index is 13.0.